The molecule has 0 aliphatic heterocycles. The van der Waals surface area contributed by atoms with Gasteiger partial charge in [-0.1, -0.05) is 23.7 Å². The van der Waals surface area contributed by atoms with E-state index in [4.69, 9.17) is 20.5 Å². The van der Waals surface area contributed by atoms with Crippen LogP contribution in [0.4, 0.5) is 4.39 Å². The number of hydrogen-bond acceptors (Lipinski definition) is 4. The average Bonchev–Trinajstić information content (AvgIpc) is 2.49. The highest BCUT2D eigenvalue weighted by atomic mass is 35.5. The molecule has 0 aromatic heterocycles. The van der Waals surface area contributed by atoms with Crippen LogP contribution in [0.5, 0.6) is 5.75 Å². The first-order chi connectivity index (χ1) is 10.4. The lowest BCUT2D eigenvalue weighted by Crippen LogP contribution is -2.10. The number of methoxy groups -OCH3 is 1. The van der Waals surface area contributed by atoms with Gasteiger partial charge in [0.25, 0.3) is 0 Å². The molecule has 0 unspecified atom stereocenters. The first-order valence-corrected chi connectivity index (χ1v) is 8.18. The van der Waals surface area contributed by atoms with Crippen molar-refractivity contribution in [1.82, 2.24) is 0 Å². The molecule has 0 fully saturated rings. The van der Waals surface area contributed by atoms with Gasteiger partial charge in [-0.05, 0) is 42.3 Å². The van der Waals surface area contributed by atoms with E-state index < -0.39 is 15.9 Å². The third-order valence-corrected chi connectivity index (χ3v) is 4.44. The summed E-state index contributed by atoms with van der Waals surface area (Å²) in [5.41, 5.74) is 0.997. The minimum Gasteiger partial charge on any atom is -0.384 e. The van der Waals surface area contributed by atoms with Crippen LogP contribution in [0.3, 0.4) is 0 Å². The van der Waals surface area contributed by atoms with Crippen LogP contribution in [0.15, 0.2) is 47.4 Å². The van der Waals surface area contributed by atoms with Crippen molar-refractivity contribution in [1.29, 1.82) is 0 Å². The molecule has 0 aliphatic rings. The zero-order chi connectivity index (χ0) is 16.2. The number of hydrogen-bond donors (Lipinski definition) is 0. The number of rotatable bonds is 6. The highest BCUT2D eigenvalue weighted by Gasteiger charge is 2.18. The van der Waals surface area contributed by atoms with Crippen LogP contribution in [0.25, 0.3) is 0 Å². The van der Waals surface area contributed by atoms with E-state index in [1.165, 1.54) is 0 Å². The predicted molar refractivity (Wildman–Crippen MR) is 81.2 cm³/mol. The fraction of sp³-hybridized carbons (Fsp3) is 0.200. The van der Waals surface area contributed by atoms with Crippen LogP contribution in [-0.4, -0.2) is 22.1 Å². The molecule has 22 heavy (non-hydrogen) atoms. The summed E-state index contributed by atoms with van der Waals surface area (Å²) in [6, 6.07) is 9.69. The molecule has 0 spiro atoms. The Morgan fingerprint density at radius 2 is 1.82 bits per heavy atom. The Balaban J connectivity index is 2.16. The van der Waals surface area contributed by atoms with E-state index in [9.17, 15) is 12.8 Å². The molecule has 4 nitrogen and oxygen atoms in total. The zero-order valence-electron chi connectivity index (χ0n) is 11.8. The minimum atomic E-state index is -4.06. The molecule has 118 valence electrons. The van der Waals surface area contributed by atoms with Gasteiger partial charge in [-0.25, -0.2) is 4.39 Å². The lowest BCUT2D eigenvalue weighted by molar-refractivity contribution is 0.202. The molecule has 0 saturated heterocycles. The topological polar surface area (TPSA) is 52.6 Å². The van der Waals surface area contributed by atoms with Crippen LogP contribution >= 0.6 is 11.6 Å². The van der Waals surface area contributed by atoms with Crippen LogP contribution in [0, 0.1) is 5.82 Å². The summed E-state index contributed by atoms with van der Waals surface area (Å²) < 4.78 is 47.2. The Labute approximate surface area is 133 Å². The molecule has 0 saturated carbocycles. The van der Waals surface area contributed by atoms with Gasteiger partial charge in [0.15, 0.2) is 0 Å². The molecular formula is C15H14ClFO4S. The van der Waals surface area contributed by atoms with Crippen molar-refractivity contribution in [3.63, 3.8) is 0 Å². The molecule has 7 heteroatoms. The van der Waals surface area contributed by atoms with E-state index >= 15 is 0 Å². The molecule has 0 radical (unpaired) electrons. The number of benzene rings is 2. The van der Waals surface area contributed by atoms with Crippen molar-refractivity contribution < 1.29 is 21.7 Å². The summed E-state index contributed by atoms with van der Waals surface area (Å²) in [6.07, 6.45) is 0.719. The van der Waals surface area contributed by atoms with Crippen LogP contribution < -0.4 is 4.18 Å². The Morgan fingerprint density at radius 3 is 2.41 bits per heavy atom. The molecule has 0 heterocycles. The summed E-state index contributed by atoms with van der Waals surface area (Å²) in [5, 5.41) is -0.278. The zero-order valence-corrected chi connectivity index (χ0v) is 13.3. The second-order valence-electron chi connectivity index (χ2n) is 4.50. The maximum Gasteiger partial charge on any atom is 0.339 e. The largest absolute Gasteiger partial charge is 0.384 e. The van der Waals surface area contributed by atoms with Crippen molar-refractivity contribution >= 4 is 21.7 Å². The molecule has 2 aromatic rings. The Bertz CT molecular complexity index is 745. The molecular weight excluding hydrogens is 331 g/mol. The third-order valence-electron chi connectivity index (χ3n) is 2.90. The standard InChI is InChI=1S/C15H14ClFO4S/c1-20-9-8-11-2-4-12(5-3-11)21-22(18,19)13-6-7-15(17)14(16)10-13/h2-7,10H,8-9H2,1H3. The molecule has 0 bridgehead atoms. The van der Waals surface area contributed by atoms with Crippen molar-refractivity contribution in [2.24, 2.45) is 0 Å². The molecule has 0 amide bonds. The lowest BCUT2D eigenvalue weighted by Gasteiger charge is -2.08. The monoisotopic (exact) mass is 344 g/mol. The molecule has 2 rings (SSSR count). The quantitative estimate of drug-likeness (QED) is 0.753. The van der Waals surface area contributed by atoms with Gasteiger partial charge in [-0.3, -0.25) is 0 Å². The van der Waals surface area contributed by atoms with Crippen molar-refractivity contribution in [2.45, 2.75) is 11.3 Å². The van der Waals surface area contributed by atoms with Crippen molar-refractivity contribution in [3.8, 4) is 5.75 Å². The van der Waals surface area contributed by atoms with E-state index in [1.54, 1.807) is 31.4 Å². The first kappa shape index (κ1) is 16.7. The fourth-order valence-corrected chi connectivity index (χ4v) is 2.94. The summed E-state index contributed by atoms with van der Waals surface area (Å²) in [4.78, 5) is -0.206. The average molecular weight is 345 g/mol. The Kier molecular flexibility index (Phi) is 5.39. The fourth-order valence-electron chi connectivity index (χ4n) is 1.74. The number of ether oxygens (including phenoxy) is 1. The minimum absolute atomic E-state index is 0.168. The van der Waals surface area contributed by atoms with Crippen LogP contribution in [0.2, 0.25) is 5.02 Å². The summed E-state index contributed by atoms with van der Waals surface area (Å²) in [5.74, 6) is -0.523. The first-order valence-electron chi connectivity index (χ1n) is 6.40. The summed E-state index contributed by atoms with van der Waals surface area (Å²) >= 11 is 5.59. The maximum absolute atomic E-state index is 13.1. The van der Waals surface area contributed by atoms with Gasteiger partial charge in [-0.15, -0.1) is 0 Å². The smallest absolute Gasteiger partial charge is 0.339 e. The third kappa shape index (κ3) is 4.19. The van der Waals surface area contributed by atoms with Crippen LogP contribution in [-0.2, 0) is 21.3 Å². The lowest BCUT2D eigenvalue weighted by atomic mass is 10.1. The van der Waals surface area contributed by atoms with Gasteiger partial charge in [0.05, 0.1) is 11.6 Å². The predicted octanol–water partition coefficient (Wildman–Crippen LogP) is 3.44. The van der Waals surface area contributed by atoms with Crippen molar-refractivity contribution in [3.05, 3.63) is 58.9 Å². The van der Waals surface area contributed by atoms with Gasteiger partial charge < -0.3 is 8.92 Å². The number of halogens is 2. The maximum atomic E-state index is 13.1. The van der Waals surface area contributed by atoms with Crippen molar-refractivity contribution in [2.75, 3.05) is 13.7 Å². The van der Waals surface area contributed by atoms with E-state index in [0.717, 1.165) is 30.2 Å². The van der Waals surface area contributed by atoms with Gasteiger partial charge in [0.1, 0.15) is 16.5 Å². The highest BCUT2D eigenvalue weighted by Crippen LogP contribution is 2.23. The normalized spacial score (nSPS) is 11.4. The van der Waals surface area contributed by atoms with Crippen LogP contribution in [0.1, 0.15) is 5.56 Å². The molecule has 0 atom stereocenters. The van der Waals surface area contributed by atoms with Gasteiger partial charge in [-0.2, -0.15) is 8.42 Å². The molecule has 2 aromatic carbocycles. The summed E-state index contributed by atoms with van der Waals surface area (Å²) in [7, 11) is -2.45. The highest BCUT2D eigenvalue weighted by molar-refractivity contribution is 7.87. The van der Waals surface area contributed by atoms with E-state index in [0.29, 0.717) is 6.61 Å². The Morgan fingerprint density at radius 1 is 1.14 bits per heavy atom. The van der Waals surface area contributed by atoms with Gasteiger partial charge in [0.2, 0.25) is 0 Å². The van der Waals surface area contributed by atoms with E-state index in [2.05, 4.69) is 0 Å². The van der Waals surface area contributed by atoms with E-state index in [1.807, 2.05) is 0 Å². The second-order valence-corrected chi connectivity index (χ2v) is 6.45. The second kappa shape index (κ2) is 7.09. The molecule has 0 aliphatic carbocycles. The van der Waals surface area contributed by atoms with Gasteiger partial charge in [0, 0.05) is 7.11 Å². The Hall–Kier alpha value is -1.63. The SMILES string of the molecule is COCCc1ccc(OS(=O)(=O)c2ccc(F)c(Cl)c2)cc1. The summed E-state index contributed by atoms with van der Waals surface area (Å²) in [6.45, 7) is 0.576. The molecule has 0 N–H and O–H groups in total. The van der Waals surface area contributed by atoms with Gasteiger partial charge >= 0.3 is 10.1 Å². The van der Waals surface area contributed by atoms with E-state index in [-0.39, 0.29) is 15.7 Å².